The lowest BCUT2D eigenvalue weighted by atomic mass is 10.1. The molecule has 0 saturated carbocycles. The number of benzene rings is 1. The average Bonchev–Trinajstić information content (AvgIpc) is 3.37. The Balaban J connectivity index is 1.46. The molecule has 0 spiro atoms. The van der Waals surface area contributed by atoms with Gasteiger partial charge in [-0.05, 0) is 49.2 Å². The van der Waals surface area contributed by atoms with Crippen molar-refractivity contribution in [1.82, 2.24) is 24.4 Å². The standard InChI is InChI=1S/C22H20FN5O2/c23-17-8-5-15(6-9-17)21-25-20(26-30-21)19-4-2-1-3-11-28(19)22(29)16-7-10-18-12-24-14-27(18)13-16/h5-10,12-14,19H,1-4,11H2. The summed E-state index contributed by atoms with van der Waals surface area (Å²) < 4.78 is 20.5. The van der Waals surface area contributed by atoms with Gasteiger partial charge in [0.25, 0.3) is 11.8 Å². The van der Waals surface area contributed by atoms with Crippen LogP contribution in [0, 0.1) is 5.82 Å². The monoisotopic (exact) mass is 405 g/mol. The predicted molar refractivity (Wildman–Crippen MR) is 107 cm³/mol. The minimum absolute atomic E-state index is 0.0642. The molecule has 4 aromatic rings. The molecule has 1 fully saturated rings. The average molecular weight is 405 g/mol. The van der Waals surface area contributed by atoms with Gasteiger partial charge >= 0.3 is 0 Å². The van der Waals surface area contributed by atoms with Gasteiger partial charge in [-0.15, -0.1) is 0 Å². The predicted octanol–water partition coefficient (Wildman–Crippen LogP) is 4.28. The molecule has 4 heterocycles. The number of imidazole rings is 1. The van der Waals surface area contributed by atoms with Crippen molar-refractivity contribution < 1.29 is 13.7 Å². The van der Waals surface area contributed by atoms with Gasteiger partial charge < -0.3 is 13.8 Å². The van der Waals surface area contributed by atoms with Crippen molar-refractivity contribution in [1.29, 1.82) is 0 Å². The van der Waals surface area contributed by atoms with E-state index in [0.29, 0.717) is 29.4 Å². The SMILES string of the molecule is O=C(c1ccc2cncn2c1)N1CCCCCC1c1noc(-c2ccc(F)cc2)n1. The summed E-state index contributed by atoms with van der Waals surface area (Å²) in [5.74, 6) is 0.411. The van der Waals surface area contributed by atoms with Crippen LogP contribution in [0.15, 0.2) is 59.6 Å². The van der Waals surface area contributed by atoms with E-state index in [9.17, 15) is 9.18 Å². The third-order valence-electron chi connectivity index (χ3n) is 5.50. The van der Waals surface area contributed by atoms with E-state index in [0.717, 1.165) is 31.2 Å². The van der Waals surface area contributed by atoms with Crippen molar-refractivity contribution in [3.05, 3.63) is 72.3 Å². The minimum atomic E-state index is -0.325. The minimum Gasteiger partial charge on any atom is -0.334 e. The third-order valence-corrected chi connectivity index (χ3v) is 5.50. The highest BCUT2D eigenvalue weighted by Gasteiger charge is 2.31. The summed E-state index contributed by atoms with van der Waals surface area (Å²) in [5.41, 5.74) is 2.17. The van der Waals surface area contributed by atoms with Crippen LogP contribution in [0.1, 0.15) is 47.9 Å². The van der Waals surface area contributed by atoms with Crippen molar-refractivity contribution in [2.45, 2.75) is 31.7 Å². The molecule has 8 heteroatoms. The van der Waals surface area contributed by atoms with Crippen LogP contribution in [0.4, 0.5) is 4.39 Å². The number of hydrogen-bond acceptors (Lipinski definition) is 5. The Morgan fingerprint density at radius 1 is 1.10 bits per heavy atom. The van der Waals surface area contributed by atoms with Crippen molar-refractivity contribution in [3.63, 3.8) is 0 Å². The number of aromatic nitrogens is 4. The highest BCUT2D eigenvalue weighted by Crippen LogP contribution is 2.31. The Bertz CT molecular complexity index is 1180. The fourth-order valence-electron chi connectivity index (χ4n) is 3.91. The van der Waals surface area contributed by atoms with E-state index < -0.39 is 0 Å². The fourth-order valence-corrected chi connectivity index (χ4v) is 3.91. The molecular formula is C22H20FN5O2. The molecule has 1 aromatic carbocycles. The van der Waals surface area contributed by atoms with Crippen LogP contribution >= 0.6 is 0 Å². The summed E-state index contributed by atoms with van der Waals surface area (Å²) in [6.45, 7) is 0.631. The number of fused-ring (bicyclic) bond motifs is 1. The molecule has 3 aromatic heterocycles. The van der Waals surface area contributed by atoms with E-state index in [1.807, 2.05) is 21.4 Å². The molecule has 0 radical (unpaired) electrons. The number of rotatable bonds is 3. The maximum absolute atomic E-state index is 13.4. The second-order valence-corrected chi connectivity index (χ2v) is 7.47. The second kappa shape index (κ2) is 7.70. The summed E-state index contributed by atoms with van der Waals surface area (Å²) >= 11 is 0. The van der Waals surface area contributed by atoms with Crippen LogP contribution < -0.4 is 0 Å². The molecule has 5 rings (SSSR count). The van der Waals surface area contributed by atoms with Crippen molar-refractivity contribution >= 4 is 11.4 Å². The molecule has 30 heavy (non-hydrogen) atoms. The molecule has 1 unspecified atom stereocenters. The van der Waals surface area contributed by atoms with Crippen LogP contribution in [-0.2, 0) is 0 Å². The second-order valence-electron chi connectivity index (χ2n) is 7.47. The molecule has 1 amide bonds. The van der Waals surface area contributed by atoms with Gasteiger partial charge in [0.05, 0.1) is 29.6 Å². The van der Waals surface area contributed by atoms with E-state index in [-0.39, 0.29) is 17.8 Å². The molecule has 0 bridgehead atoms. The van der Waals surface area contributed by atoms with Crippen molar-refractivity contribution in [2.75, 3.05) is 6.54 Å². The third kappa shape index (κ3) is 3.45. The van der Waals surface area contributed by atoms with E-state index >= 15 is 0 Å². The van der Waals surface area contributed by atoms with Crippen LogP contribution in [0.3, 0.4) is 0 Å². The molecule has 1 aliphatic rings. The van der Waals surface area contributed by atoms with Crippen molar-refractivity contribution in [2.24, 2.45) is 0 Å². The maximum Gasteiger partial charge on any atom is 0.258 e. The molecule has 152 valence electrons. The number of halogens is 1. The first-order valence-electron chi connectivity index (χ1n) is 10.0. The summed E-state index contributed by atoms with van der Waals surface area (Å²) in [6.07, 6.45) is 8.95. The largest absolute Gasteiger partial charge is 0.334 e. The lowest BCUT2D eigenvalue weighted by Crippen LogP contribution is -2.35. The first kappa shape index (κ1) is 18.5. The number of carbonyl (C=O) groups is 1. The highest BCUT2D eigenvalue weighted by molar-refractivity contribution is 5.94. The Kier molecular flexibility index (Phi) is 4.74. The number of amides is 1. The maximum atomic E-state index is 13.4. The van der Waals surface area contributed by atoms with E-state index in [1.54, 1.807) is 30.9 Å². The molecule has 7 nitrogen and oxygen atoms in total. The van der Waals surface area contributed by atoms with E-state index in [2.05, 4.69) is 15.1 Å². The number of hydrogen-bond donors (Lipinski definition) is 0. The van der Waals surface area contributed by atoms with Crippen LogP contribution in [0.25, 0.3) is 17.0 Å². The summed E-state index contributed by atoms with van der Waals surface area (Å²) in [6, 6.07) is 9.35. The molecule has 0 N–H and O–H groups in total. The van der Waals surface area contributed by atoms with Crippen LogP contribution in [0.2, 0.25) is 0 Å². The number of carbonyl (C=O) groups excluding carboxylic acids is 1. The van der Waals surface area contributed by atoms with Gasteiger partial charge in [-0.1, -0.05) is 18.0 Å². The van der Waals surface area contributed by atoms with Gasteiger partial charge in [0, 0.05) is 18.3 Å². The van der Waals surface area contributed by atoms with Crippen molar-refractivity contribution in [3.8, 4) is 11.5 Å². The zero-order valence-electron chi connectivity index (χ0n) is 16.2. The molecule has 1 atom stereocenters. The highest BCUT2D eigenvalue weighted by atomic mass is 19.1. The summed E-state index contributed by atoms with van der Waals surface area (Å²) in [4.78, 5) is 23.9. The van der Waals surface area contributed by atoms with Gasteiger partial charge in [-0.25, -0.2) is 9.37 Å². The van der Waals surface area contributed by atoms with Crippen LogP contribution in [0.5, 0.6) is 0 Å². The quantitative estimate of drug-likeness (QED) is 0.508. The number of nitrogens with zero attached hydrogens (tertiary/aromatic N) is 5. The molecule has 0 aliphatic carbocycles. The topological polar surface area (TPSA) is 76.5 Å². The van der Waals surface area contributed by atoms with Gasteiger partial charge in [0.2, 0.25) is 0 Å². The summed E-state index contributed by atoms with van der Waals surface area (Å²) in [7, 11) is 0. The zero-order chi connectivity index (χ0) is 20.5. The Morgan fingerprint density at radius 2 is 1.97 bits per heavy atom. The van der Waals surface area contributed by atoms with Gasteiger partial charge in [-0.3, -0.25) is 4.79 Å². The molecule has 1 saturated heterocycles. The zero-order valence-corrected chi connectivity index (χ0v) is 16.2. The fraction of sp³-hybridized carbons (Fsp3) is 0.273. The number of likely N-dealkylation sites (tertiary alicyclic amines) is 1. The lowest BCUT2D eigenvalue weighted by molar-refractivity contribution is 0.0670. The molecule has 1 aliphatic heterocycles. The van der Waals surface area contributed by atoms with Gasteiger partial charge in [-0.2, -0.15) is 4.98 Å². The smallest absolute Gasteiger partial charge is 0.258 e. The van der Waals surface area contributed by atoms with E-state index in [1.165, 1.54) is 12.1 Å². The Hall–Kier alpha value is -3.55. The Morgan fingerprint density at radius 3 is 2.83 bits per heavy atom. The first-order valence-corrected chi connectivity index (χ1v) is 10.0. The van der Waals surface area contributed by atoms with Crippen LogP contribution in [-0.4, -0.2) is 36.9 Å². The van der Waals surface area contributed by atoms with Gasteiger partial charge in [0.1, 0.15) is 5.82 Å². The number of pyridine rings is 1. The van der Waals surface area contributed by atoms with Gasteiger partial charge in [0.15, 0.2) is 5.82 Å². The normalized spacial score (nSPS) is 17.2. The van der Waals surface area contributed by atoms with E-state index in [4.69, 9.17) is 4.52 Å². The summed E-state index contributed by atoms with van der Waals surface area (Å²) in [5, 5.41) is 4.16. The molecular weight excluding hydrogens is 385 g/mol. The lowest BCUT2D eigenvalue weighted by Gasteiger charge is -2.28. The Labute approximate surface area is 172 Å². The first-order chi connectivity index (χ1) is 14.7.